The fourth-order valence-corrected chi connectivity index (χ4v) is 3.35. The summed E-state index contributed by atoms with van der Waals surface area (Å²) in [4.78, 5) is 0.826. The number of halogens is 1. The summed E-state index contributed by atoms with van der Waals surface area (Å²) in [6, 6.07) is 0. The van der Waals surface area contributed by atoms with Crippen LogP contribution in [-0.2, 0) is 0 Å². The summed E-state index contributed by atoms with van der Waals surface area (Å²) in [6.45, 7) is 2.29. The molecule has 0 aromatic rings. The molecule has 2 atom stereocenters. The van der Waals surface area contributed by atoms with Gasteiger partial charge in [0.25, 0.3) is 0 Å². The van der Waals surface area contributed by atoms with Crippen molar-refractivity contribution in [3.05, 3.63) is 0 Å². The standard InChI is InChI=1S/C13H25Br/c1-2-3-4-6-9-12-10-7-5-8-11-13(12)14/h12-13H,2-11H2,1H3. The number of hydrogen-bond donors (Lipinski definition) is 0. The smallest absolute Gasteiger partial charge is 0.0174 e. The maximum absolute atomic E-state index is 3.87. The van der Waals surface area contributed by atoms with Crippen LogP contribution in [0, 0.1) is 5.92 Å². The van der Waals surface area contributed by atoms with Crippen LogP contribution < -0.4 is 0 Å². The lowest BCUT2D eigenvalue weighted by Crippen LogP contribution is -2.12. The monoisotopic (exact) mass is 260 g/mol. The van der Waals surface area contributed by atoms with Gasteiger partial charge in [0.15, 0.2) is 0 Å². The number of rotatable bonds is 5. The van der Waals surface area contributed by atoms with Gasteiger partial charge in [-0.05, 0) is 25.2 Å². The highest BCUT2D eigenvalue weighted by atomic mass is 79.9. The average molecular weight is 261 g/mol. The summed E-state index contributed by atoms with van der Waals surface area (Å²) in [7, 11) is 0. The summed E-state index contributed by atoms with van der Waals surface area (Å²) in [5, 5.41) is 0. The molecular formula is C13H25Br. The van der Waals surface area contributed by atoms with E-state index in [9.17, 15) is 0 Å². The normalized spacial score (nSPS) is 28.7. The van der Waals surface area contributed by atoms with Gasteiger partial charge in [-0.25, -0.2) is 0 Å². The van der Waals surface area contributed by atoms with E-state index in [1.165, 1.54) is 64.2 Å². The molecule has 0 radical (unpaired) electrons. The second-order valence-electron chi connectivity index (χ2n) is 4.76. The molecule has 14 heavy (non-hydrogen) atoms. The van der Waals surface area contributed by atoms with E-state index < -0.39 is 0 Å². The molecule has 1 aliphatic rings. The summed E-state index contributed by atoms with van der Waals surface area (Å²) in [5.41, 5.74) is 0. The van der Waals surface area contributed by atoms with E-state index >= 15 is 0 Å². The number of hydrogen-bond acceptors (Lipinski definition) is 0. The lowest BCUT2D eigenvalue weighted by atomic mass is 9.93. The fourth-order valence-electron chi connectivity index (χ4n) is 2.50. The molecule has 1 fully saturated rings. The van der Waals surface area contributed by atoms with E-state index in [2.05, 4.69) is 22.9 Å². The first kappa shape index (κ1) is 12.5. The van der Waals surface area contributed by atoms with Crippen molar-refractivity contribution in [1.29, 1.82) is 0 Å². The summed E-state index contributed by atoms with van der Waals surface area (Å²) in [6.07, 6.45) is 14.4. The Balaban J connectivity index is 2.13. The van der Waals surface area contributed by atoms with Gasteiger partial charge in [-0.3, -0.25) is 0 Å². The zero-order valence-corrected chi connectivity index (χ0v) is 11.2. The predicted molar refractivity (Wildman–Crippen MR) is 68.0 cm³/mol. The molecule has 0 aromatic heterocycles. The van der Waals surface area contributed by atoms with E-state index in [1.54, 1.807) is 0 Å². The van der Waals surface area contributed by atoms with Gasteiger partial charge >= 0.3 is 0 Å². The van der Waals surface area contributed by atoms with Gasteiger partial charge < -0.3 is 0 Å². The van der Waals surface area contributed by atoms with Crippen molar-refractivity contribution in [1.82, 2.24) is 0 Å². The molecule has 2 unspecified atom stereocenters. The minimum atomic E-state index is 0.826. The first-order valence-electron chi connectivity index (χ1n) is 6.48. The zero-order valence-electron chi connectivity index (χ0n) is 9.60. The van der Waals surface area contributed by atoms with Gasteiger partial charge in [0, 0.05) is 4.83 Å². The Bertz CT molecular complexity index is 133. The Kier molecular flexibility index (Phi) is 6.93. The Morgan fingerprint density at radius 2 is 1.79 bits per heavy atom. The molecule has 0 spiro atoms. The molecule has 1 rings (SSSR count). The van der Waals surface area contributed by atoms with Crippen LogP contribution in [0.15, 0.2) is 0 Å². The molecule has 0 heterocycles. The van der Waals surface area contributed by atoms with E-state index in [1.807, 2.05) is 0 Å². The van der Waals surface area contributed by atoms with Crippen LogP contribution in [0.2, 0.25) is 0 Å². The van der Waals surface area contributed by atoms with Crippen LogP contribution in [-0.4, -0.2) is 4.83 Å². The van der Waals surface area contributed by atoms with Crippen molar-refractivity contribution in [2.45, 2.75) is 76.0 Å². The third-order valence-corrected chi connectivity index (χ3v) is 4.70. The van der Waals surface area contributed by atoms with Crippen molar-refractivity contribution >= 4 is 15.9 Å². The highest BCUT2D eigenvalue weighted by Gasteiger charge is 2.20. The lowest BCUT2D eigenvalue weighted by Gasteiger charge is -2.19. The van der Waals surface area contributed by atoms with Crippen molar-refractivity contribution in [3.8, 4) is 0 Å². The van der Waals surface area contributed by atoms with Crippen LogP contribution in [0.5, 0.6) is 0 Å². The van der Waals surface area contributed by atoms with Crippen molar-refractivity contribution in [3.63, 3.8) is 0 Å². The molecule has 0 aromatic carbocycles. The second kappa shape index (κ2) is 7.73. The van der Waals surface area contributed by atoms with E-state index in [0.717, 1.165) is 10.7 Å². The molecule has 0 amide bonds. The highest BCUT2D eigenvalue weighted by molar-refractivity contribution is 9.09. The molecular weight excluding hydrogens is 236 g/mol. The molecule has 0 saturated heterocycles. The van der Waals surface area contributed by atoms with Crippen LogP contribution in [0.25, 0.3) is 0 Å². The fraction of sp³-hybridized carbons (Fsp3) is 1.00. The molecule has 0 N–H and O–H groups in total. The molecule has 0 aliphatic heterocycles. The summed E-state index contributed by atoms with van der Waals surface area (Å²) in [5.74, 6) is 0.981. The van der Waals surface area contributed by atoms with E-state index in [-0.39, 0.29) is 0 Å². The maximum atomic E-state index is 3.87. The van der Waals surface area contributed by atoms with Gasteiger partial charge in [0.2, 0.25) is 0 Å². The third-order valence-electron chi connectivity index (χ3n) is 3.49. The predicted octanol–water partition coefficient (Wildman–Crippen LogP) is 5.30. The van der Waals surface area contributed by atoms with Crippen LogP contribution >= 0.6 is 15.9 Å². The molecule has 1 heteroatoms. The maximum Gasteiger partial charge on any atom is 0.0174 e. The van der Waals surface area contributed by atoms with Gasteiger partial charge in [-0.1, -0.05) is 67.8 Å². The van der Waals surface area contributed by atoms with Gasteiger partial charge in [0.05, 0.1) is 0 Å². The highest BCUT2D eigenvalue weighted by Crippen LogP contribution is 2.32. The van der Waals surface area contributed by atoms with Crippen molar-refractivity contribution in [2.24, 2.45) is 5.92 Å². The Hall–Kier alpha value is 0.480. The number of alkyl halides is 1. The first-order valence-corrected chi connectivity index (χ1v) is 7.40. The molecule has 84 valence electrons. The van der Waals surface area contributed by atoms with Crippen molar-refractivity contribution < 1.29 is 0 Å². The Labute approximate surface area is 98.0 Å². The molecule has 1 aliphatic carbocycles. The topological polar surface area (TPSA) is 0 Å². The first-order chi connectivity index (χ1) is 6.84. The second-order valence-corrected chi connectivity index (χ2v) is 5.94. The summed E-state index contributed by atoms with van der Waals surface area (Å²) < 4.78 is 0. The average Bonchev–Trinajstić information content (AvgIpc) is 2.39. The SMILES string of the molecule is CCCCCCC1CCCCCC1Br. The Morgan fingerprint density at radius 3 is 2.57 bits per heavy atom. The van der Waals surface area contributed by atoms with Gasteiger partial charge in [0.1, 0.15) is 0 Å². The Morgan fingerprint density at radius 1 is 1.00 bits per heavy atom. The lowest BCUT2D eigenvalue weighted by molar-refractivity contribution is 0.420. The molecule has 0 nitrogen and oxygen atoms in total. The third kappa shape index (κ3) is 4.82. The van der Waals surface area contributed by atoms with Gasteiger partial charge in [-0.2, -0.15) is 0 Å². The van der Waals surface area contributed by atoms with E-state index in [4.69, 9.17) is 0 Å². The van der Waals surface area contributed by atoms with E-state index in [0.29, 0.717) is 0 Å². The molecule has 0 bridgehead atoms. The minimum absolute atomic E-state index is 0.826. The zero-order chi connectivity index (χ0) is 10.2. The quantitative estimate of drug-likeness (QED) is 0.358. The van der Waals surface area contributed by atoms with Crippen LogP contribution in [0.1, 0.15) is 71.1 Å². The largest absolute Gasteiger partial charge is 0.0888 e. The van der Waals surface area contributed by atoms with Crippen LogP contribution in [0.4, 0.5) is 0 Å². The summed E-state index contributed by atoms with van der Waals surface area (Å²) >= 11 is 3.87. The minimum Gasteiger partial charge on any atom is -0.0888 e. The van der Waals surface area contributed by atoms with Crippen LogP contribution in [0.3, 0.4) is 0 Å². The van der Waals surface area contributed by atoms with Gasteiger partial charge in [-0.15, -0.1) is 0 Å². The van der Waals surface area contributed by atoms with Crippen molar-refractivity contribution in [2.75, 3.05) is 0 Å². The number of unbranched alkanes of at least 4 members (excludes halogenated alkanes) is 3. The molecule has 1 saturated carbocycles.